The summed E-state index contributed by atoms with van der Waals surface area (Å²) in [6.45, 7) is 7.58. The van der Waals surface area contributed by atoms with E-state index < -0.39 is 23.9 Å². The predicted octanol–water partition coefficient (Wildman–Crippen LogP) is 2.93. The number of rotatable bonds is 11. The van der Waals surface area contributed by atoms with Crippen LogP contribution in [0.25, 0.3) is 0 Å². The van der Waals surface area contributed by atoms with E-state index in [0.29, 0.717) is 40.2 Å². The molecule has 0 aliphatic rings. The molecule has 1 unspecified atom stereocenters. The average Bonchev–Trinajstić information content (AvgIpc) is 3.06. The highest BCUT2D eigenvalue weighted by Crippen LogP contribution is 2.27. The smallest absolute Gasteiger partial charge is 0.350 e. The van der Waals surface area contributed by atoms with Crippen molar-refractivity contribution in [2.75, 3.05) is 23.8 Å². The number of ether oxygens (including phenoxy) is 1. The number of hydrogen-bond donors (Lipinski definition) is 4. The molecule has 2 rings (SSSR count). The molecule has 160 valence electrons. The summed E-state index contributed by atoms with van der Waals surface area (Å²) in [5.41, 5.74) is 1.83. The molecule has 1 amide bonds. The summed E-state index contributed by atoms with van der Waals surface area (Å²) in [6.07, 6.45) is 1.32. The molecule has 0 saturated heterocycles. The standard InChI is InChI=1S/C20H24N4O5S/c1-4-10-21-15(18(26)27)11-16(25)23-13-6-8-14(9-7-13)24-20-22-12(3)17(30-20)19(28)29-5-2/h4,6-9,15,21H,1,5,10-11H2,2-3H3,(H,22,24)(H,23,25)(H,26,27). The highest BCUT2D eigenvalue weighted by atomic mass is 32.1. The Hall–Kier alpha value is -3.24. The number of esters is 1. The van der Waals surface area contributed by atoms with E-state index in [1.807, 2.05) is 0 Å². The fourth-order valence-electron chi connectivity index (χ4n) is 2.47. The lowest BCUT2D eigenvalue weighted by molar-refractivity contribution is -0.141. The van der Waals surface area contributed by atoms with Crippen molar-refractivity contribution in [3.63, 3.8) is 0 Å². The lowest BCUT2D eigenvalue weighted by Crippen LogP contribution is -2.39. The zero-order valence-electron chi connectivity index (χ0n) is 16.7. The van der Waals surface area contributed by atoms with Crippen LogP contribution in [0.3, 0.4) is 0 Å². The summed E-state index contributed by atoms with van der Waals surface area (Å²) in [4.78, 5) is 40.0. The van der Waals surface area contributed by atoms with Crippen LogP contribution in [0.4, 0.5) is 16.5 Å². The van der Waals surface area contributed by atoms with Gasteiger partial charge in [-0.15, -0.1) is 6.58 Å². The molecule has 0 radical (unpaired) electrons. The molecule has 0 fully saturated rings. The largest absolute Gasteiger partial charge is 0.480 e. The zero-order chi connectivity index (χ0) is 22.1. The summed E-state index contributed by atoms with van der Waals surface area (Å²) < 4.78 is 5.01. The number of hydrogen-bond acceptors (Lipinski definition) is 8. The fourth-order valence-corrected chi connectivity index (χ4v) is 3.35. The lowest BCUT2D eigenvalue weighted by atomic mass is 10.2. The Labute approximate surface area is 178 Å². The van der Waals surface area contributed by atoms with Crippen LogP contribution in [0.1, 0.15) is 28.7 Å². The number of thiazole rings is 1. The second-order valence-corrected chi connectivity index (χ2v) is 7.20. The molecule has 0 spiro atoms. The van der Waals surface area contributed by atoms with E-state index in [0.717, 1.165) is 0 Å². The molecule has 1 aromatic heterocycles. The quantitative estimate of drug-likeness (QED) is 0.315. The first kappa shape index (κ1) is 23.0. The van der Waals surface area contributed by atoms with E-state index in [9.17, 15) is 14.4 Å². The predicted molar refractivity (Wildman–Crippen MR) is 115 cm³/mol. The van der Waals surface area contributed by atoms with Gasteiger partial charge in [-0.25, -0.2) is 9.78 Å². The summed E-state index contributed by atoms with van der Waals surface area (Å²) >= 11 is 1.20. The first-order chi connectivity index (χ1) is 14.3. The zero-order valence-corrected chi connectivity index (χ0v) is 17.5. The molecule has 0 aliphatic carbocycles. The first-order valence-corrected chi connectivity index (χ1v) is 10.0. The van der Waals surface area contributed by atoms with E-state index in [1.54, 1.807) is 38.1 Å². The molecular weight excluding hydrogens is 408 g/mol. The number of carboxylic acid groups (broad SMARTS) is 1. The molecule has 2 aromatic rings. The number of benzene rings is 1. The molecule has 30 heavy (non-hydrogen) atoms. The van der Waals surface area contributed by atoms with Crippen molar-refractivity contribution < 1.29 is 24.2 Å². The highest BCUT2D eigenvalue weighted by Gasteiger charge is 2.20. The molecule has 4 N–H and O–H groups in total. The summed E-state index contributed by atoms with van der Waals surface area (Å²) in [6, 6.07) is 5.84. The number of carbonyl (C=O) groups is 3. The lowest BCUT2D eigenvalue weighted by Gasteiger charge is -2.13. The molecule has 1 aromatic carbocycles. The van der Waals surface area contributed by atoms with Gasteiger partial charge in [0.15, 0.2) is 5.13 Å². The summed E-state index contributed by atoms with van der Waals surface area (Å²) in [5, 5.41) is 18.2. The Morgan fingerprint density at radius 2 is 1.93 bits per heavy atom. The Morgan fingerprint density at radius 1 is 1.27 bits per heavy atom. The van der Waals surface area contributed by atoms with Gasteiger partial charge in [0.25, 0.3) is 0 Å². The molecule has 0 saturated carbocycles. The highest BCUT2D eigenvalue weighted by molar-refractivity contribution is 7.17. The fraction of sp³-hybridized carbons (Fsp3) is 0.300. The van der Waals surface area contributed by atoms with Crippen molar-refractivity contribution in [3.05, 3.63) is 47.5 Å². The second kappa shape index (κ2) is 11.1. The second-order valence-electron chi connectivity index (χ2n) is 6.20. The molecule has 1 heterocycles. The Bertz CT molecular complexity index is 910. The van der Waals surface area contributed by atoms with Crippen molar-refractivity contribution in [2.24, 2.45) is 0 Å². The van der Waals surface area contributed by atoms with Gasteiger partial charge in [0, 0.05) is 17.9 Å². The maximum atomic E-state index is 12.1. The molecule has 0 bridgehead atoms. The van der Waals surface area contributed by atoms with Gasteiger partial charge in [-0.1, -0.05) is 17.4 Å². The van der Waals surface area contributed by atoms with Crippen molar-refractivity contribution in [1.29, 1.82) is 0 Å². The molecule has 0 aliphatic heterocycles. The first-order valence-electron chi connectivity index (χ1n) is 9.22. The van der Waals surface area contributed by atoms with Crippen LogP contribution in [-0.4, -0.2) is 47.1 Å². The van der Waals surface area contributed by atoms with Crippen LogP contribution < -0.4 is 16.0 Å². The molecule has 10 heteroatoms. The van der Waals surface area contributed by atoms with E-state index in [-0.39, 0.29) is 6.42 Å². The number of amides is 1. The van der Waals surface area contributed by atoms with Crippen molar-refractivity contribution >= 4 is 45.7 Å². The third-order valence-corrected chi connectivity index (χ3v) is 4.93. The van der Waals surface area contributed by atoms with Crippen molar-refractivity contribution in [2.45, 2.75) is 26.3 Å². The number of aromatic nitrogens is 1. The Morgan fingerprint density at radius 3 is 2.53 bits per heavy atom. The van der Waals surface area contributed by atoms with E-state index >= 15 is 0 Å². The van der Waals surface area contributed by atoms with Crippen LogP contribution >= 0.6 is 11.3 Å². The summed E-state index contributed by atoms with van der Waals surface area (Å²) in [5.74, 6) is -1.93. The number of aliphatic carboxylic acids is 1. The van der Waals surface area contributed by atoms with E-state index in [4.69, 9.17) is 9.84 Å². The number of carboxylic acids is 1. The van der Waals surface area contributed by atoms with Crippen molar-refractivity contribution in [1.82, 2.24) is 10.3 Å². The topological polar surface area (TPSA) is 130 Å². The normalized spacial score (nSPS) is 11.4. The van der Waals surface area contributed by atoms with Crippen LogP contribution in [0.5, 0.6) is 0 Å². The maximum Gasteiger partial charge on any atom is 0.350 e. The van der Waals surface area contributed by atoms with Gasteiger partial charge in [-0.2, -0.15) is 0 Å². The maximum absolute atomic E-state index is 12.1. The van der Waals surface area contributed by atoms with Gasteiger partial charge in [-0.05, 0) is 38.1 Å². The Balaban J connectivity index is 1.96. The minimum Gasteiger partial charge on any atom is -0.480 e. The van der Waals surface area contributed by atoms with Crippen LogP contribution in [0.2, 0.25) is 0 Å². The number of aryl methyl sites for hydroxylation is 1. The SMILES string of the molecule is C=CCNC(CC(=O)Nc1ccc(Nc2nc(C)c(C(=O)OCC)s2)cc1)C(=O)O. The third-order valence-electron chi connectivity index (χ3n) is 3.87. The molecular formula is C20H24N4O5S. The number of nitrogens with zero attached hydrogens (tertiary/aromatic N) is 1. The van der Waals surface area contributed by atoms with Gasteiger partial charge in [0.2, 0.25) is 5.91 Å². The minimum absolute atomic E-state index is 0.210. The molecule has 9 nitrogen and oxygen atoms in total. The molecule has 1 atom stereocenters. The van der Waals surface area contributed by atoms with Crippen molar-refractivity contribution in [3.8, 4) is 0 Å². The number of nitrogens with one attached hydrogen (secondary N) is 3. The minimum atomic E-state index is -1.10. The van der Waals surface area contributed by atoms with Gasteiger partial charge >= 0.3 is 11.9 Å². The third kappa shape index (κ3) is 6.68. The van der Waals surface area contributed by atoms with E-state index in [2.05, 4.69) is 27.5 Å². The van der Waals surface area contributed by atoms with Crippen LogP contribution in [0.15, 0.2) is 36.9 Å². The van der Waals surface area contributed by atoms with E-state index in [1.165, 1.54) is 17.4 Å². The average molecular weight is 433 g/mol. The van der Waals surface area contributed by atoms with Crippen LogP contribution in [-0.2, 0) is 14.3 Å². The van der Waals surface area contributed by atoms with Gasteiger partial charge in [0.1, 0.15) is 10.9 Å². The van der Waals surface area contributed by atoms with Gasteiger partial charge < -0.3 is 25.8 Å². The monoisotopic (exact) mass is 432 g/mol. The van der Waals surface area contributed by atoms with Gasteiger partial charge in [0.05, 0.1) is 18.7 Å². The number of carbonyl (C=O) groups excluding carboxylic acids is 2. The summed E-state index contributed by atoms with van der Waals surface area (Å²) in [7, 11) is 0. The Kier molecular flexibility index (Phi) is 8.51. The van der Waals surface area contributed by atoms with Crippen LogP contribution in [0, 0.1) is 6.92 Å². The number of anilines is 3. The van der Waals surface area contributed by atoms with Gasteiger partial charge in [-0.3, -0.25) is 9.59 Å².